The summed E-state index contributed by atoms with van der Waals surface area (Å²) in [4.78, 5) is 5.36. The van der Waals surface area contributed by atoms with Crippen molar-refractivity contribution in [2.75, 3.05) is 0 Å². The Morgan fingerprint density at radius 1 is 1.29 bits per heavy atom. The minimum absolute atomic E-state index is 0.277. The number of benzene rings is 1. The normalized spacial score (nSPS) is 10.6. The van der Waals surface area contributed by atoms with E-state index >= 15 is 0 Å². The molecule has 0 aliphatic carbocycles. The minimum atomic E-state index is 0.277. The van der Waals surface area contributed by atoms with Crippen molar-refractivity contribution in [2.45, 2.75) is 30.4 Å². The summed E-state index contributed by atoms with van der Waals surface area (Å²) in [5.74, 6) is 2.37. The van der Waals surface area contributed by atoms with Gasteiger partial charge in [-0.1, -0.05) is 12.1 Å². The Kier molecular flexibility index (Phi) is 4.03. The maximum atomic E-state index is 9.16. The third-order valence-electron chi connectivity index (χ3n) is 2.18. The van der Waals surface area contributed by atoms with Crippen LogP contribution in [0.3, 0.4) is 0 Å². The van der Waals surface area contributed by atoms with Gasteiger partial charge in [-0.05, 0) is 30.7 Å². The van der Waals surface area contributed by atoms with Crippen molar-refractivity contribution in [1.29, 1.82) is 0 Å². The quantitative estimate of drug-likeness (QED) is 0.826. The van der Waals surface area contributed by atoms with E-state index in [1.54, 1.807) is 23.9 Å². The number of hydrogen-bond donors (Lipinski definition) is 1. The van der Waals surface area contributed by atoms with Gasteiger partial charge in [-0.3, -0.25) is 0 Å². The minimum Gasteiger partial charge on any atom is -0.508 e. The molecule has 0 fully saturated rings. The molecule has 0 spiro atoms. The highest BCUT2D eigenvalue weighted by atomic mass is 32.2. The number of hydrogen-bond acceptors (Lipinski definition) is 5. The predicted molar refractivity (Wildman–Crippen MR) is 66.0 cm³/mol. The van der Waals surface area contributed by atoms with Crippen LogP contribution in [0.25, 0.3) is 0 Å². The van der Waals surface area contributed by atoms with E-state index in [-0.39, 0.29) is 5.75 Å². The number of phenols is 1. The van der Waals surface area contributed by atoms with Crippen molar-refractivity contribution in [1.82, 2.24) is 10.1 Å². The number of phenolic OH excluding ortho intramolecular Hbond substituents is 1. The average molecular weight is 250 g/mol. The van der Waals surface area contributed by atoms with Gasteiger partial charge in [0.15, 0.2) is 5.82 Å². The summed E-state index contributed by atoms with van der Waals surface area (Å²) in [6.07, 6.45) is 1.84. The molecule has 0 aliphatic heterocycles. The van der Waals surface area contributed by atoms with Gasteiger partial charge in [0.2, 0.25) is 5.89 Å². The largest absolute Gasteiger partial charge is 0.508 e. The molecule has 1 N–H and O–H groups in total. The first-order valence-electron chi connectivity index (χ1n) is 5.51. The van der Waals surface area contributed by atoms with E-state index in [9.17, 15) is 0 Å². The molecule has 2 rings (SSSR count). The smallest absolute Gasteiger partial charge is 0.226 e. The van der Waals surface area contributed by atoms with Crippen LogP contribution in [0.2, 0.25) is 0 Å². The third-order valence-corrected chi connectivity index (χ3v) is 3.19. The molecule has 1 heterocycles. The number of aryl methyl sites for hydroxylation is 1. The topological polar surface area (TPSA) is 59.2 Å². The second kappa shape index (κ2) is 5.72. The fraction of sp³-hybridized carbons (Fsp3) is 0.333. The molecule has 90 valence electrons. The molecule has 0 aliphatic rings. The molecule has 0 atom stereocenters. The van der Waals surface area contributed by atoms with Crippen molar-refractivity contribution in [3.63, 3.8) is 0 Å². The zero-order chi connectivity index (χ0) is 12.1. The summed E-state index contributed by atoms with van der Waals surface area (Å²) in [5.41, 5.74) is 0. The van der Waals surface area contributed by atoms with Crippen molar-refractivity contribution in [3.05, 3.63) is 36.0 Å². The van der Waals surface area contributed by atoms with Gasteiger partial charge in [0.25, 0.3) is 0 Å². The van der Waals surface area contributed by atoms with Crippen LogP contribution in [0.4, 0.5) is 0 Å². The summed E-state index contributed by atoms with van der Waals surface area (Å²) < 4.78 is 5.10. The number of aromatic hydroxyl groups is 1. The Balaban J connectivity index is 1.90. The maximum absolute atomic E-state index is 9.16. The van der Waals surface area contributed by atoms with Crippen LogP contribution in [-0.2, 0) is 12.2 Å². The Morgan fingerprint density at radius 3 is 2.76 bits per heavy atom. The molecular formula is C12H14N2O2S. The second-order valence-electron chi connectivity index (χ2n) is 3.64. The summed E-state index contributed by atoms with van der Waals surface area (Å²) in [5, 5.41) is 13.1. The van der Waals surface area contributed by atoms with Gasteiger partial charge in [-0.25, -0.2) is 0 Å². The maximum Gasteiger partial charge on any atom is 0.226 e. The Bertz CT molecular complexity index is 468. The van der Waals surface area contributed by atoms with E-state index in [0.29, 0.717) is 17.5 Å². The molecule has 0 unspecified atom stereocenters. The van der Waals surface area contributed by atoms with E-state index in [4.69, 9.17) is 9.63 Å². The SMILES string of the molecule is CCCc1nc(CSc2ccc(O)cc2)no1. The zero-order valence-corrected chi connectivity index (χ0v) is 10.4. The zero-order valence-electron chi connectivity index (χ0n) is 9.59. The number of rotatable bonds is 5. The van der Waals surface area contributed by atoms with Gasteiger partial charge in [-0.15, -0.1) is 11.8 Å². The highest BCUT2D eigenvalue weighted by Crippen LogP contribution is 2.23. The highest BCUT2D eigenvalue weighted by Gasteiger charge is 2.05. The lowest BCUT2D eigenvalue weighted by Gasteiger charge is -1.97. The first-order valence-corrected chi connectivity index (χ1v) is 6.50. The van der Waals surface area contributed by atoms with Gasteiger partial charge < -0.3 is 9.63 Å². The monoisotopic (exact) mass is 250 g/mol. The molecular weight excluding hydrogens is 236 g/mol. The third kappa shape index (κ3) is 3.49. The van der Waals surface area contributed by atoms with E-state index in [2.05, 4.69) is 17.1 Å². The van der Waals surface area contributed by atoms with E-state index < -0.39 is 0 Å². The molecule has 1 aromatic carbocycles. The first kappa shape index (κ1) is 12.0. The molecule has 2 aromatic rings. The molecule has 5 heteroatoms. The molecule has 1 aromatic heterocycles. The molecule has 0 amide bonds. The van der Waals surface area contributed by atoms with Crippen LogP contribution in [0, 0.1) is 0 Å². The van der Waals surface area contributed by atoms with Crippen molar-refractivity contribution < 1.29 is 9.63 Å². The highest BCUT2D eigenvalue weighted by molar-refractivity contribution is 7.98. The lowest BCUT2D eigenvalue weighted by molar-refractivity contribution is 0.373. The summed E-state index contributed by atoms with van der Waals surface area (Å²) in [6, 6.07) is 7.07. The summed E-state index contributed by atoms with van der Waals surface area (Å²) >= 11 is 1.62. The van der Waals surface area contributed by atoms with Crippen LogP contribution in [0.15, 0.2) is 33.7 Å². The van der Waals surface area contributed by atoms with E-state index in [1.165, 1.54) is 0 Å². The van der Waals surface area contributed by atoms with Crippen LogP contribution in [-0.4, -0.2) is 15.2 Å². The fourth-order valence-electron chi connectivity index (χ4n) is 1.35. The van der Waals surface area contributed by atoms with Crippen molar-refractivity contribution in [2.24, 2.45) is 0 Å². The lowest BCUT2D eigenvalue weighted by atomic mass is 10.3. The molecule has 0 bridgehead atoms. The Hall–Kier alpha value is -1.49. The van der Waals surface area contributed by atoms with E-state index in [1.807, 2.05) is 12.1 Å². The van der Waals surface area contributed by atoms with Crippen LogP contribution in [0.1, 0.15) is 25.1 Å². The van der Waals surface area contributed by atoms with Crippen LogP contribution in [0.5, 0.6) is 5.75 Å². The van der Waals surface area contributed by atoms with Gasteiger partial charge >= 0.3 is 0 Å². The molecule has 0 saturated heterocycles. The molecule has 17 heavy (non-hydrogen) atoms. The number of nitrogens with zero attached hydrogens (tertiary/aromatic N) is 2. The second-order valence-corrected chi connectivity index (χ2v) is 4.69. The van der Waals surface area contributed by atoms with Gasteiger partial charge in [0, 0.05) is 11.3 Å². The first-order chi connectivity index (χ1) is 8.28. The predicted octanol–water partition coefficient (Wildman–Crippen LogP) is 3.02. The molecule has 0 radical (unpaired) electrons. The van der Waals surface area contributed by atoms with Crippen molar-refractivity contribution in [3.8, 4) is 5.75 Å². The standard InChI is InChI=1S/C12H14N2O2S/c1-2-3-12-13-11(14-16-12)8-17-10-6-4-9(15)5-7-10/h4-7,15H,2-3,8H2,1H3. The lowest BCUT2D eigenvalue weighted by Crippen LogP contribution is -1.86. The van der Waals surface area contributed by atoms with Crippen molar-refractivity contribution >= 4 is 11.8 Å². The summed E-state index contributed by atoms with van der Waals surface area (Å²) in [6.45, 7) is 2.08. The van der Waals surface area contributed by atoms with Gasteiger partial charge in [0.05, 0.1) is 5.75 Å². The Labute approximate surface area is 104 Å². The average Bonchev–Trinajstić information content (AvgIpc) is 2.77. The van der Waals surface area contributed by atoms with E-state index in [0.717, 1.165) is 17.7 Å². The number of thioether (sulfide) groups is 1. The summed E-state index contributed by atoms with van der Waals surface area (Å²) in [7, 11) is 0. The van der Waals surface area contributed by atoms with Gasteiger partial charge in [-0.2, -0.15) is 4.98 Å². The van der Waals surface area contributed by atoms with Crippen LogP contribution < -0.4 is 0 Å². The molecule has 0 saturated carbocycles. The molecule has 4 nitrogen and oxygen atoms in total. The fourth-order valence-corrected chi connectivity index (χ4v) is 2.10. The van der Waals surface area contributed by atoms with Crippen LogP contribution >= 0.6 is 11.8 Å². The number of aromatic nitrogens is 2. The Morgan fingerprint density at radius 2 is 2.06 bits per heavy atom. The van der Waals surface area contributed by atoms with Gasteiger partial charge in [0.1, 0.15) is 5.75 Å².